The highest BCUT2D eigenvalue weighted by molar-refractivity contribution is 14.0. The van der Waals surface area contributed by atoms with Gasteiger partial charge in [0.25, 0.3) is 0 Å². The van der Waals surface area contributed by atoms with Crippen LogP contribution in [-0.4, -0.2) is 68.7 Å². The number of benzene rings is 1. The van der Waals surface area contributed by atoms with E-state index in [9.17, 15) is 0 Å². The summed E-state index contributed by atoms with van der Waals surface area (Å²) in [5.41, 5.74) is 2.54. The number of rotatable bonds is 11. The van der Waals surface area contributed by atoms with E-state index in [1.54, 1.807) is 6.26 Å². The summed E-state index contributed by atoms with van der Waals surface area (Å²) in [6.07, 6.45) is 2.82. The molecule has 1 aliphatic rings. The van der Waals surface area contributed by atoms with Crippen LogP contribution in [0, 0.1) is 0 Å². The van der Waals surface area contributed by atoms with Crippen molar-refractivity contribution in [2.45, 2.75) is 33.0 Å². The number of furan rings is 1. The molecule has 3 rings (SSSR count). The standard InChI is InChI=1S/C24H37N5O2.HI/c1-3-25-24(26-11-7-12-29-13-16-30-17-14-29)27-18-21-8-4-5-9-22(21)19-28(2)20-23-10-6-15-31-23;/h4-6,8-10,15H,3,7,11-14,16-20H2,1-2H3,(H2,25,26,27);1H. The summed E-state index contributed by atoms with van der Waals surface area (Å²) >= 11 is 0. The van der Waals surface area contributed by atoms with Gasteiger partial charge in [-0.25, -0.2) is 4.99 Å². The van der Waals surface area contributed by atoms with Crippen molar-refractivity contribution < 1.29 is 9.15 Å². The molecule has 0 atom stereocenters. The summed E-state index contributed by atoms with van der Waals surface area (Å²) in [5.74, 6) is 1.86. The lowest BCUT2D eigenvalue weighted by Crippen LogP contribution is -2.40. The second-order valence-corrected chi connectivity index (χ2v) is 7.95. The Morgan fingerprint density at radius 1 is 1.06 bits per heavy atom. The molecule has 2 aromatic rings. The van der Waals surface area contributed by atoms with Gasteiger partial charge in [-0.3, -0.25) is 9.80 Å². The summed E-state index contributed by atoms with van der Waals surface area (Å²) in [6, 6.07) is 12.5. The fraction of sp³-hybridized carbons (Fsp3) is 0.542. The van der Waals surface area contributed by atoms with E-state index in [0.717, 1.165) is 77.2 Å². The maximum Gasteiger partial charge on any atom is 0.191 e. The monoisotopic (exact) mass is 555 g/mol. The van der Waals surface area contributed by atoms with E-state index in [4.69, 9.17) is 14.1 Å². The van der Waals surface area contributed by atoms with Crippen molar-refractivity contribution in [3.05, 3.63) is 59.5 Å². The third-order valence-corrected chi connectivity index (χ3v) is 5.36. The molecule has 0 saturated carbocycles. The Hall–Kier alpha value is -1.62. The zero-order chi connectivity index (χ0) is 21.7. The van der Waals surface area contributed by atoms with E-state index >= 15 is 0 Å². The van der Waals surface area contributed by atoms with Crippen LogP contribution in [0.3, 0.4) is 0 Å². The second-order valence-electron chi connectivity index (χ2n) is 7.95. The molecule has 1 aromatic heterocycles. The molecule has 1 aromatic carbocycles. The lowest BCUT2D eigenvalue weighted by Gasteiger charge is -2.26. The molecular weight excluding hydrogens is 517 g/mol. The van der Waals surface area contributed by atoms with Crippen molar-refractivity contribution in [1.29, 1.82) is 0 Å². The van der Waals surface area contributed by atoms with Gasteiger partial charge in [-0.15, -0.1) is 24.0 Å². The van der Waals surface area contributed by atoms with E-state index in [1.165, 1.54) is 11.1 Å². The van der Waals surface area contributed by atoms with Crippen LogP contribution in [-0.2, 0) is 24.4 Å². The SMILES string of the molecule is CCNC(=NCc1ccccc1CN(C)Cc1ccco1)NCCCN1CCOCC1.I. The topological polar surface area (TPSA) is 65.3 Å². The van der Waals surface area contributed by atoms with Gasteiger partial charge in [0.2, 0.25) is 0 Å². The Balaban J connectivity index is 0.00000363. The molecule has 2 N–H and O–H groups in total. The summed E-state index contributed by atoms with van der Waals surface area (Å²) in [6.45, 7) is 11.1. The maximum atomic E-state index is 5.47. The van der Waals surface area contributed by atoms with E-state index in [-0.39, 0.29) is 24.0 Å². The third-order valence-electron chi connectivity index (χ3n) is 5.36. The lowest BCUT2D eigenvalue weighted by atomic mass is 10.1. The van der Waals surface area contributed by atoms with Gasteiger partial charge in [0.1, 0.15) is 5.76 Å². The molecule has 2 heterocycles. The first kappa shape index (κ1) is 26.6. The molecule has 1 aliphatic heterocycles. The third kappa shape index (κ3) is 9.48. The largest absolute Gasteiger partial charge is 0.468 e. The van der Waals surface area contributed by atoms with Gasteiger partial charge < -0.3 is 19.8 Å². The minimum atomic E-state index is 0. The van der Waals surface area contributed by atoms with Gasteiger partial charge in [-0.1, -0.05) is 24.3 Å². The van der Waals surface area contributed by atoms with Crippen LogP contribution in [0.25, 0.3) is 0 Å². The number of nitrogens with one attached hydrogen (secondary N) is 2. The van der Waals surface area contributed by atoms with Crippen molar-refractivity contribution >= 4 is 29.9 Å². The van der Waals surface area contributed by atoms with Crippen LogP contribution in [0.4, 0.5) is 0 Å². The number of nitrogens with zero attached hydrogens (tertiary/aromatic N) is 3. The number of morpholine rings is 1. The molecule has 1 saturated heterocycles. The van der Waals surface area contributed by atoms with Crippen LogP contribution < -0.4 is 10.6 Å². The average molecular weight is 556 g/mol. The summed E-state index contributed by atoms with van der Waals surface area (Å²) in [5, 5.41) is 6.84. The molecule has 0 unspecified atom stereocenters. The molecule has 0 bridgehead atoms. The molecule has 0 amide bonds. The Morgan fingerprint density at radius 2 is 1.84 bits per heavy atom. The van der Waals surface area contributed by atoms with Gasteiger partial charge in [0.15, 0.2) is 5.96 Å². The highest BCUT2D eigenvalue weighted by atomic mass is 127. The summed E-state index contributed by atoms with van der Waals surface area (Å²) in [7, 11) is 2.11. The number of guanidine groups is 1. The quantitative estimate of drug-likeness (QED) is 0.192. The average Bonchev–Trinajstić information content (AvgIpc) is 3.29. The number of ether oxygens (including phenoxy) is 1. The first-order valence-corrected chi connectivity index (χ1v) is 11.3. The van der Waals surface area contributed by atoms with E-state index in [2.05, 4.69) is 58.7 Å². The molecular formula is C24H38IN5O2. The van der Waals surface area contributed by atoms with Crippen LogP contribution in [0.1, 0.15) is 30.2 Å². The zero-order valence-corrected chi connectivity index (χ0v) is 21.7. The van der Waals surface area contributed by atoms with Crippen molar-refractivity contribution in [2.24, 2.45) is 4.99 Å². The normalized spacial score (nSPS) is 14.9. The van der Waals surface area contributed by atoms with Crippen molar-refractivity contribution in [1.82, 2.24) is 20.4 Å². The lowest BCUT2D eigenvalue weighted by molar-refractivity contribution is 0.0376. The number of halogens is 1. The molecule has 178 valence electrons. The number of hydrogen-bond donors (Lipinski definition) is 2. The van der Waals surface area contributed by atoms with E-state index < -0.39 is 0 Å². The predicted octanol–water partition coefficient (Wildman–Crippen LogP) is 3.31. The van der Waals surface area contributed by atoms with E-state index in [1.807, 2.05) is 12.1 Å². The Bertz CT molecular complexity index is 778. The molecule has 7 nitrogen and oxygen atoms in total. The van der Waals surface area contributed by atoms with Crippen molar-refractivity contribution in [3.63, 3.8) is 0 Å². The Kier molecular flexibility index (Phi) is 12.7. The molecule has 0 spiro atoms. The first-order chi connectivity index (χ1) is 15.2. The number of hydrogen-bond acceptors (Lipinski definition) is 5. The molecule has 0 radical (unpaired) electrons. The van der Waals surface area contributed by atoms with Gasteiger partial charge in [0, 0.05) is 32.7 Å². The Labute approximate surface area is 209 Å². The second kappa shape index (κ2) is 15.3. The van der Waals surface area contributed by atoms with Gasteiger partial charge >= 0.3 is 0 Å². The predicted molar refractivity (Wildman–Crippen MR) is 140 cm³/mol. The minimum Gasteiger partial charge on any atom is -0.468 e. The van der Waals surface area contributed by atoms with Crippen LogP contribution >= 0.6 is 24.0 Å². The van der Waals surface area contributed by atoms with Crippen LogP contribution in [0.5, 0.6) is 0 Å². The molecule has 0 aliphatic carbocycles. The van der Waals surface area contributed by atoms with Crippen LogP contribution in [0.15, 0.2) is 52.1 Å². The molecule has 1 fully saturated rings. The first-order valence-electron chi connectivity index (χ1n) is 11.3. The number of aliphatic imine (C=N–C) groups is 1. The van der Waals surface area contributed by atoms with Crippen molar-refractivity contribution in [3.8, 4) is 0 Å². The Morgan fingerprint density at radius 3 is 2.56 bits per heavy atom. The maximum absolute atomic E-state index is 5.47. The molecule has 8 heteroatoms. The smallest absolute Gasteiger partial charge is 0.191 e. The summed E-state index contributed by atoms with van der Waals surface area (Å²) < 4.78 is 10.9. The molecule has 32 heavy (non-hydrogen) atoms. The van der Waals surface area contributed by atoms with Gasteiger partial charge in [0.05, 0.1) is 32.6 Å². The summed E-state index contributed by atoms with van der Waals surface area (Å²) in [4.78, 5) is 9.56. The van der Waals surface area contributed by atoms with Gasteiger partial charge in [-0.2, -0.15) is 0 Å². The minimum absolute atomic E-state index is 0. The zero-order valence-electron chi connectivity index (χ0n) is 19.4. The van der Waals surface area contributed by atoms with Gasteiger partial charge in [-0.05, 0) is 50.2 Å². The fourth-order valence-corrected chi connectivity index (χ4v) is 3.72. The van der Waals surface area contributed by atoms with Crippen molar-refractivity contribution in [2.75, 3.05) is 53.0 Å². The highest BCUT2D eigenvalue weighted by Crippen LogP contribution is 2.14. The highest BCUT2D eigenvalue weighted by Gasteiger charge is 2.10. The van der Waals surface area contributed by atoms with Crippen LogP contribution in [0.2, 0.25) is 0 Å². The fourth-order valence-electron chi connectivity index (χ4n) is 3.72. The van der Waals surface area contributed by atoms with E-state index in [0.29, 0.717) is 6.54 Å².